The van der Waals surface area contributed by atoms with Gasteiger partial charge in [0.05, 0.1) is 6.54 Å². The third-order valence-electron chi connectivity index (χ3n) is 1.10. The summed E-state index contributed by atoms with van der Waals surface area (Å²) < 4.78 is 6.02. The molecule has 0 amide bonds. The summed E-state index contributed by atoms with van der Waals surface area (Å²) in [6.07, 6.45) is 1.77. The van der Waals surface area contributed by atoms with Gasteiger partial charge in [-0.15, -0.1) is 0 Å². The molecule has 0 saturated heterocycles. The molecule has 0 N–H and O–H groups in total. The van der Waals surface area contributed by atoms with Gasteiger partial charge in [-0.3, -0.25) is 4.68 Å². The summed E-state index contributed by atoms with van der Waals surface area (Å²) in [7, 11) is 10.2. The highest BCUT2D eigenvalue weighted by Gasteiger charge is 1.90. The molecule has 0 bridgehead atoms. The number of hydrogen-bond acceptors (Lipinski definition) is 2. The van der Waals surface area contributed by atoms with Crippen LogP contribution in [0, 0.1) is 0 Å². The lowest BCUT2D eigenvalue weighted by Crippen LogP contribution is -2.10. The Morgan fingerprint density at radius 1 is 1.70 bits per heavy atom. The Morgan fingerprint density at radius 2 is 2.50 bits per heavy atom. The minimum Gasteiger partial charge on any atom is -0.446 e. The second kappa shape index (κ2) is 3.46. The fourth-order valence-electron chi connectivity index (χ4n) is 0.648. The number of hydrogen-bond donors (Lipinski definition) is 0. The van der Waals surface area contributed by atoms with E-state index in [0.29, 0.717) is 18.7 Å². The molecule has 0 unspecified atom stereocenters. The topological polar surface area (TPSA) is 27.1 Å². The van der Waals surface area contributed by atoms with E-state index < -0.39 is 0 Å². The van der Waals surface area contributed by atoms with E-state index >= 15 is 0 Å². The molecule has 0 spiro atoms. The second-order valence-corrected chi connectivity index (χ2v) is 1.87. The van der Waals surface area contributed by atoms with Gasteiger partial charge < -0.3 is 4.65 Å². The summed E-state index contributed by atoms with van der Waals surface area (Å²) in [6.45, 7) is 1.08. The average Bonchev–Trinajstić information content (AvgIpc) is 2.31. The maximum absolute atomic E-state index is 5.35. The van der Waals surface area contributed by atoms with Gasteiger partial charge in [0.15, 0.2) is 0 Å². The van der Waals surface area contributed by atoms with Gasteiger partial charge in [-0.05, 0) is 6.07 Å². The lowest BCUT2D eigenvalue weighted by atomic mass is 10.1. The fourth-order valence-corrected chi connectivity index (χ4v) is 0.648. The van der Waals surface area contributed by atoms with Crippen molar-refractivity contribution in [3.63, 3.8) is 0 Å². The van der Waals surface area contributed by atoms with E-state index in [4.69, 9.17) is 15.9 Å². The van der Waals surface area contributed by atoms with Crippen molar-refractivity contribution < 1.29 is 4.65 Å². The zero-order valence-electron chi connectivity index (χ0n) is 5.53. The molecule has 4 radical (unpaired) electrons. The number of aromatic nitrogens is 2. The van der Waals surface area contributed by atoms with Gasteiger partial charge in [0, 0.05) is 18.4 Å². The minimum atomic E-state index is 0.446. The van der Waals surface area contributed by atoms with Crippen molar-refractivity contribution >= 4 is 21.5 Å². The highest BCUT2D eigenvalue weighted by Crippen LogP contribution is 1.80. The van der Waals surface area contributed by atoms with E-state index in [0.717, 1.165) is 0 Å². The molecule has 0 aliphatic rings. The third kappa shape index (κ3) is 1.92. The van der Waals surface area contributed by atoms with Gasteiger partial charge in [-0.1, -0.05) is 0 Å². The second-order valence-electron chi connectivity index (χ2n) is 1.87. The first-order valence-corrected chi connectivity index (χ1v) is 2.93. The predicted molar refractivity (Wildman–Crippen MR) is 39.3 cm³/mol. The zero-order valence-corrected chi connectivity index (χ0v) is 5.53. The van der Waals surface area contributed by atoms with Crippen LogP contribution in [0.4, 0.5) is 0 Å². The SMILES string of the molecule is [B]OCCn1ccc([B])n1. The molecule has 0 aliphatic carbocycles. The monoisotopic (exact) mass is 132 g/mol. The van der Waals surface area contributed by atoms with E-state index in [1.54, 1.807) is 16.9 Å². The zero-order chi connectivity index (χ0) is 7.40. The van der Waals surface area contributed by atoms with E-state index in [2.05, 4.69) is 9.75 Å². The Labute approximate surface area is 62.2 Å². The first-order valence-electron chi connectivity index (χ1n) is 2.93. The maximum Gasteiger partial charge on any atom is 0.282 e. The Balaban J connectivity index is 2.42. The van der Waals surface area contributed by atoms with Crippen LogP contribution in [0.3, 0.4) is 0 Å². The molecule has 1 heterocycles. The molecule has 0 saturated carbocycles. The van der Waals surface area contributed by atoms with E-state index in [1.165, 1.54) is 0 Å². The molecule has 1 aromatic heterocycles. The molecule has 5 heteroatoms. The van der Waals surface area contributed by atoms with Crippen LogP contribution in [0.2, 0.25) is 0 Å². The first-order chi connectivity index (χ1) is 4.83. The largest absolute Gasteiger partial charge is 0.446 e. The molecule has 0 fully saturated rings. The quantitative estimate of drug-likeness (QED) is 0.481. The average molecular weight is 132 g/mol. The van der Waals surface area contributed by atoms with Crippen molar-refractivity contribution in [3.05, 3.63) is 12.3 Å². The van der Waals surface area contributed by atoms with Crippen molar-refractivity contribution in [2.24, 2.45) is 0 Å². The molecule has 48 valence electrons. The van der Waals surface area contributed by atoms with E-state index in [-0.39, 0.29) is 0 Å². The molecule has 0 atom stereocenters. The lowest BCUT2D eigenvalue weighted by molar-refractivity contribution is 0.318. The Kier molecular flexibility index (Phi) is 2.57. The van der Waals surface area contributed by atoms with Crippen LogP contribution >= 0.6 is 0 Å². The summed E-state index contributed by atoms with van der Waals surface area (Å²) in [5.74, 6) is 0. The minimum absolute atomic E-state index is 0.446. The van der Waals surface area contributed by atoms with Crippen molar-refractivity contribution in [1.29, 1.82) is 0 Å². The highest BCUT2D eigenvalue weighted by atomic mass is 16.4. The number of rotatable bonds is 3. The molecule has 3 nitrogen and oxygen atoms in total. The van der Waals surface area contributed by atoms with Crippen LogP contribution < -0.4 is 5.59 Å². The van der Waals surface area contributed by atoms with Gasteiger partial charge in [0.1, 0.15) is 7.85 Å². The van der Waals surface area contributed by atoms with Gasteiger partial charge in [0.2, 0.25) is 0 Å². The normalized spacial score (nSPS) is 10.0. The Morgan fingerprint density at radius 3 is 3.00 bits per heavy atom. The van der Waals surface area contributed by atoms with Crippen molar-refractivity contribution in [2.75, 3.05) is 6.61 Å². The van der Waals surface area contributed by atoms with Crippen molar-refractivity contribution in [1.82, 2.24) is 9.78 Å². The van der Waals surface area contributed by atoms with Crippen molar-refractivity contribution in [3.8, 4) is 0 Å². The fraction of sp³-hybridized carbons (Fsp3) is 0.400. The van der Waals surface area contributed by atoms with Gasteiger partial charge >= 0.3 is 0 Å². The Hall–Kier alpha value is -0.700. The third-order valence-corrected chi connectivity index (χ3v) is 1.10. The Bertz CT molecular complexity index is 201. The van der Waals surface area contributed by atoms with Crippen molar-refractivity contribution in [2.45, 2.75) is 6.54 Å². The molecule has 1 aromatic rings. The predicted octanol–water partition coefficient (Wildman–Crippen LogP) is -1.22. The molecule has 0 aliphatic heterocycles. The smallest absolute Gasteiger partial charge is 0.282 e. The van der Waals surface area contributed by atoms with Crippen LogP contribution in [0.15, 0.2) is 12.3 Å². The van der Waals surface area contributed by atoms with Crippen LogP contribution in [-0.4, -0.2) is 32.3 Å². The van der Waals surface area contributed by atoms with Crippen LogP contribution in [0.5, 0.6) is 0 Å². The standard InChI is InChI=1S/C5H6B2N2O/c6-5-1-2-9(8-5)3-4-10-7/h1-2H,3-4H2. The molecule has 10 heavy (non-hydrogen) atoms. The van der Waals surface area contributed by atoms with Gasteiger partial charge in [-0.25, -0.2) is 0 Å². The molecular formula is C5H6B2N2O. The molecule has 0 aromatic carbocycles. The van der Waals surface area contributed by atoms with Crippen LogP contribution in [-0.2, 0) is 11.2 Å². The van der Waals surface area contributed by atoms with E-state index in [1.807, 2.05) is 0 Å². The van der Waals surface area contributed by atoms with Gasteiger partial charge in [0.25, 0.3) is 8.05 Å². The highest BCUT2D eigenvalue weighted by molar-refractivity contribution is 6.30. The molecular weight excluding hydrogens is 126 g/mol. The lowest BCUT2D eigenvalue weighted by Gasteiger charge is -1.98. The summed E-state index contributed by atoms with van der Waals surface area (Å²) in [5, 5.41) is 3.91. The summed E-state index contributed by atoms with van der Waals surface area (Å²) in [6, 6.07) is 1.72. The molecule has 1 rings (SSSR count). The van der Waals surface area contributed by atoms with Crippen LogP contribution in [0.25, 0.3) is 0 Å². The first kappa shape index (κ1) is 7.41. The van der Waals surface area contributed by atoms with E-state index in [9.17, 15) is 0 Å². The summed E-state index contributed by atoms with van der Waals surface area (Å²) in [5.41, 5.74) is 0.511. The summed E-state index contributed by atoms with van der Waals surface area (Å²) in [4.78, 5) is 0. The summed E-state index contributed by atoms with van der Waals surface area (Å²) >= 11 is 0. The maximum atomic E-state index is 5.35. The van der Waals surface area contributed by atoms with Crippen LogP contribution in [0.1, 0.15) is 0 Å². The number of nitrogens with zero attached hydrogens (tertiary/aromatic N) is 2. The van der Waals surface area contributed by atoms with Gasteiger partial charge in [-0.2, -0.15) is 5.10 Å².